The van der Waals surface area contributed by atoms with Crippen molar-refractivity contribution < 1.29 is 8.42 Å². The SMILES string of the molecule is CCCCN(C(=S)Nc1ccc(C(C)C)cc1)[C@@H]1CCS(=O)(=O)C1. The van der Waals surface area contributed by atoms with Crippen molar-refractivity contribution in [2.45, 2.75) is 52.0 Å². The molecule has 1 heterocycles. The zero-order chi connectivity index (χ0) is 17.7. The molecule has 0 aliphatic carbocycles. The molecular formula is C18H28N2O2S2. The van der Waals surface area contributed by atoms with Crippen molar-refractivity contribution in [3.05, 3.63) is 29.8 Å². The number of hydrogen-bond acceptors (Lipinski definition) is 3. The topological polar surface area (TPSA) is 49.4 Å². The number of rotatable bonds is 6. The van der Waals surface area contributed by atoms with Gasteiger partial charge in [-0.25, -0.2) is 8.42 Å². The van der Waals surface area contributed by atoms with Gasteiger partial charge in [0.1, 0.15) is 0 Å². The molecule has 0 radical (unpaired) electrons. The Labute approximate surface area is 151 Å². The molecule has 6 heteroatoms. The van der Waals surface area contributed by atoms with Gasteiger partial charge in [0.2, 0.25) is 0 Å². The molecule has 1 aliphatic heterocycles. The zero-order valence-corrected chi connectivity index (χ0v) is 16.4. The smallest absolute Gasteiger partial charge is 0.173 e. The van der Waals surface area contributed by atoms with Gasteiger partial charge in [-0.1, -0.05) is 39.3 Å². The standard InChI is InChI=1S/C18H28N2O2S2/c1-4-5-11-20(17-10-12-24(21,22)13-17)18(23)19-16-8-6-15(7-9-16)14(2)3/h6-9,14,17H,4-5,10-13H2,1-3H3,(H,19,23)/t17-/m1/s1. The number of hydrogen-bond donors (Lipinski definition) is 1. The number of anilines is 1. The third-order valence-electron chi connectivity index (χ3n) is 4.49. The third kappa shape index (κ3) is 5.18. The Bertz CT molecular complexity index is 654. The lowest BCUT2D eigenvalue weighted by atomic mass is 10.0. The molecule has 1 aliphatic rings. The van der Waals surface area contributed by atoms with Crippen LogP contribution < -0.4 is 5.32 Å². The van der Waals surface area contributed by atoms with Crippen LogP contribution in [-0.4, -0.2) is 42.5 Å². The maximum atomic E-state index is 11.8. The number of thiocarbonyl (C=S) groups is 1. The highest BCUT2D eigenvalue weighted by atomic mass is 32.2. The van der Waals surface area contributed by atoms with Crippen LogP contribution in [0.25, 0.3) is 0 Å². The molecule has 0 amide bonds. The minimum atomic E-state index is -2.92. The maximum absolute atomic E-state index is 11.8. The van der Waals surface area contributed by atoms with Gasteiger partial charge in [-0.2, -0.15) is 0 Å². The Morgan fingerprint density at radius 2 is 2.00 bits per heavy atom. The summed E-state index contributed by atoms with van der Waals surface area (Å²) >= 11 is 5.59. The first-order valence-corrected chi connectivity index (χ1v) is 10.9. The molecule has 0 saturated carbocycles. The second-order valence-electron chi connectivity index (χ2n) is 6.81. The predicted molar refractivity (Wildman–Crippen MR) is 105 cm³/mol. The Balaban J connectivity index is 2.07. The van der Waals surface area contributed by atoms with Gasteiger partial charge in [0, 0.05) is 18.3 Å². The van der Waals surface area contributed by atoms with Crippen LogP contribution in [0.15, 0.2) is 24.3 Å². The second kappa shape index (κ2) is 8.30. The van der Waals surface area contributed by atoms with E-state index in [0.29, 0.717) is 17.5 Å². The normalized spacial score (nSPS) is 19.4. The summed E-state index contributed by atoms with van der Waals surface area (Å²) in [5.74, 6) is 0.979. The molecule has 1 aromatic rings. The average Bonchev–Trinajstić information content (AvgIpc) is 2.88. The van der Waals surface area contributed by atoms with Crippen LogP contribution in [0.1, 0.15) is 51.5 Å². The van der Waals surface area contributed by atoms with Gasteiger partial charge < -0.3 is 10.2 Å². The van der Waals surface area contributed by atoms with Crippen molar-refractivity contribution in [2.75, 3.05) is 23.4 Å². The van der Waals surface area contributed by atoms with Crippen molar-refractivity contribution >= 4 is 32.9 Å². The van der Waals surface area contributed by atoms with E-state index in [1.807, 2.05) is 12.1 Å². The van der Waals surface area contributed by atoms with Crippen LogP contribution in [-0.2, 0) is 9.84 Å². The largest absolute Gasteiger partial charge is 0.345 e. The monoisotopic (exact) mass is 368 g/mol. The number of benzene rings is 1. The van der Waals surface area contributed by atoms with Crippen molar-refractivity contribution in [2.24, 2.45) is 0 Å². The molecule has 1 fully saturated rings. The van der Waals surface area contributed by atoms with Gasteiger partial charge in [0.05, 0.1) is 11.5 Å². The minimum Gasteiger partial charge on any atom is -0.345 e. The molecule has 0 bridgehead atoms. The lowest BCUT2D eigenvalue weighted by Gasteiger charge is -2.31. The first-order valence-electron chi connectivity index (χ1n) is 8.70. The second-order valence-corrected chi connectivity index (χ2v) is 9.43. The van der Waals surface area contributed by atoms with Crippen molar-refractivity contribution in [1.29, 1.82) is 0 Å². The van der Waals surface area contributed by atoms with Gasteiger partial charge in [-0.15, -0.1) is 0 Å². The fraction of sp³-hybridized carbons (Fsp3) is 0.611. The summed E-state index contributed by atoms with van der Waals surface area (Å²) in [5.41, 5.74) is 2.24. The molecule has 1 N–H and O–H groups in total. The van der Waals surface area contributed by atoms with Crippen molar-refractivity contribution in [3.8, 4) is 0 Å². The Morgan fingerprint density at radius 3 is 2.50 bits per heavy atom. The van der Waals surface area contributed by atoms with Gasteiger partial charge in [-0.05, 0) is 48.7 Å². The summed E-state index contributed by atoms with van der Waals surface area (Å²) in [6.45, 7) is 7.26. The summed E-state index contributed by atoms with van der Waals surface area (Å²) in [7, 11) is -2.92. The van der Waals surface area contributed by atoms with Crippen molar-refractivity contribution in [1.82, 2.24) is 4.90 Å². The Kier molecular flexibility index (Phi) is 6.63. The summed E-state index contributed by atoms with van der Waals surface area (Å²) in [6, 6.07) is 8.27. The van der Waals surface area contributed by atoms with Crippen LogP contribution in [0.5, 0.6) is 0 Å². The van der Waals surface area contributed by atoms with E-state index in [2.05, 4.69) is 43.1 Å². The van der Waals surface area contributed by atoms with Gasteiger partial charge in [-0.3, -0.25) is 0 Å². The predicted octanol–water partition coefficient (Wildman–Crippen LogP) is 3.80. The van der Waals surface area contributed by atoms with E-state index in [1.54, 1.807) is 0 Å². The molecule has 1 saturated heterocycles. The summed E-state index contributed by atoms with van der Waals surface area (Å²) in [6.07, 6.45) is 2.73. The quantitative estimate of drug-likeness (QED) is 0.774. The molecule has 4 nitrogen and oxygen atoms in total. The first kappa shape index (κ1) is 19.2. The van der Waals surface area contributed by atoms with E-state index in [0.717, 1.165) is 25.1 Å². The highest BCUT2D eigenvalue weighted by molar-refractivity contribution is 7.91. The van der Waals surface area contributed by atoms with Gasteiger partial charge in [0.15, 0.2) is 14.9 Å². The first-order chi connectivity index (χ1) is 11.3. The molecule has 0 aromatic heterocycles. The molecular weight excluding hydrogens is 340 g/mol. The fourth-order valence-corrected chi connectivity index (χ4v) is 5.04. The lowest BCUT2D eigenvalue weighted by Crippen LogP contribution is -2.44. The molecule has 0 spiro atoms. The molecule has 1 atom stereocenters. The number of nitrogens with one attached hydrogen (secondary N) is 1. The van der Waals surface area contributed by atoms with Crippen LogP contribution in [0.4, 0.5) is 5.69 Å². The van der Waals surface area contributed by atoms with E-state index in [-0.39, 0.29) is 17.5 Å². The summed E-state index contributed by atoms with van der Waals surface area (Å²) in [5, 5.41) is 3.91. The Hall–Kier alpha value is -1.14. The number of sulfone groups is 1. The van der Waals surface area contributed by atoms with Crippen LogP contribution in [0.2, 0.25) is 0 Å². The van der Waals surface area contributed by atoms with E-state index >= 15 is 0 Å². The molecule has 134 valence electrons. The van der Waals surface area contributed by atoms with E-state index < -0.39 is 9.84 Å². The maximum Gasteiger partial charge on any atom is 0.173 e. The average molecular weight is 369 g/mol. The zero-order valence-electron chi connectivity index (χ0n) is 14.8. The number of unbranched alkanes of at least 4 members (excludes halogenated alkanes) is 1. The van der Waals surface area contributed by atoms with E-state index in [1.165, 1.54) is 5.56 Å². The fourth-order valence-electron chi connectivity index (χ4n) is 2.95. The van der Waals surface area contributed by atoms with Gasteiger partial charge >= 0.3 is 0 Å². The molecule has 0 unspecified atom stereocenters. The van der Waals surface area contributed by atoms with Crippen molar-refractivity contribution in [3.63, 3.8) is 0 Å². The highest BCUT2D eigenvalue weighted by Gasteiger charge is 2.33. The third-order valence-corrected chi connectivity index (χ3v) is 6.58. The summed E-state index contributed by atoms with van der Waals surface area (Å²) < 4.78 is 23.6. The molecule has 24 heavy (non-hydrogen) atoms. The van der Waals surface area contributed by atoms with Crippen LogP contribution in [0.3, 0.4) is 0 Å². The van der Waals surface area contributed by atoms with E-state index in [9.17, 15) is 8.42 Å². The lowest BCUT2D eigenvalue weighted by molar-refractivity contribution is 0.333. The van der Waals surface area contributed by atoms with Crippen LogP contribution in [0, 0.1) is 0 Å². The molecule has 2 rings (SSSR count). The van der Waals surface area contributed by atoms with Gasteiger partial charge in [0.25, 0.3) is 0 Å². The van der Waals surface area contributed by atoms with Crippen LogP contribution >= 0.6 is 12.2 Å². The molecule has 1 aromatic carbocycles. The highest BCUT2D eigenvalue weighted by Crippen LogP contribution is 2.21. The summed E-state index contributed by atoms with van der Waals surface area (Å²) in [4.78, 5) is 2.07. The Morgan fingerprint density at radius 1 is 1.33 bits per heavy atom. The number of nitrogens with zero attached hydrogens (tertiary/aromatic N) is 1. The van der Waals surface area contributed by atoms with E-state index in [4.69, 9.17) is 12.2 Å². The minimum absolute atomic E-state index is 0.00325.